The zero-order chi connectivity index (χ0) is 10.7. The standard InChI is InChI=1S/C13H16N2.HI/c1-3-11-4-6-12(7-5-11)13-8-9-14-10(2)15-13;/h4,6-9,11H,3,5H2,1-2H3;1H. The number of halogens is 1. The van der Waals surface area contributed by atoms with Gasteiger partial charge in [-0.3, -0.25) is 0 Å². The predicted octanol–water partition coefficient (Wildman–Crippen LogP) is 3.77. The van der Waals surface area contributed by atoms with Gasteiger partial charge in [0.2, 0.25) is 0 Å². The van der Waals surface area contributed by atoms with E-state index in [1.165, 1.54) is 12.0 Å². The lowest BCUT2D eigenvalue weighted by Gasteiger charge is -2.13. The molecule has 3 heteroatoms. The molecule has 1 aromatic rings. The van der Waals surface area contributed by atoms with E-state index >= 15 is 0 Å². The number of aromatic nitrogens is 2. The molecule has 2 rings (SSSR count). The van der Waals surface area contributed by atoms with Gasteiger partial charge < -0.3 is 0 Å². The van der Waals surface area contributed by atoms with Crippen LogP contribution in [0, 0.1) is 12.8 Å². The quantitative estimate of drug-likeness (QED) is 0.773. The van der Waals surface area contributed by atoms with E-state index in [2.05, 4.69) is 35.1 Å². The highest BCUT2D eigenvalue weighted by Crippen LogP contribution is 2.24. The third-order valence-corrected chi connectivity index (χ3v) is 2.78. The minimum Gasteiger partial charge on any atom is -0.242 e. The summed E-state index contributed by atoms with van der Waals surface area (Å²) in [6.45, 7) is 4.15. The van der Waals surface area contributed by atoms with Crippen molar-refractivity contribution in [2.45, 2.75) is 26.7 Å². The highest BCUT2D eigenvalue weighted by Gasteiger charge is 2.08. The molecule has 1 atom stereocenters. The Kier molecular flexibility index (Phi) is 5.12. The Morgan fingerprint density at radius 2 is 2.25 bits per heavy atom. The summed E-state index contributed by atoms with van der Waals surface area (Å²) in [6.07, 6.45) is 10.9. The normalized spacial score (nSPS) is 18.9. The molecule has 0 saturated heterocycles. The van der Waals surface area contributed by atoms with Crippen molar-refractivity contribution >= 4 is 29.5 Å². The minimum absolute atomic E-state index is 0. The average molecular weight is 328 g/mol. The van der Waals surface area contributed by atoms with E-state index in [0.29, 0.717) is 5.92 Å². The highest BCUT2D eigenvalue weighted by molar-refractivity contribution is 14.0. The number of allylic oxidation sites excluding steroid dienone is 4. The fourth-order valence-electron chi connectivity index (χ4n) is 1.77. The topological polar surface area (TPSA) is 25.8 Å². The second kappa shape index (κ2) is 6.13. The number of nitrogens with zero attached hydrogens (tertiary/aromatic N) is 2. The van der Waals surface area contributed by atoms with Crippen LogP contribution in [0.3, 0.4) is 0 Å². The zero-order valence-electron chi connectivity index (χ0n) is 9.68. The predicted molar refractivity (Wildman–Crippen MR) is 77.7 cm³/mol. The summed E-state index contributed by atoms with van der Waals surface area (Å²) >= 11 is 0. The molecule has 86 valence electrons. The maximum absolute atomic E-state index is 4.42. The van der Waals surface area contributed by atoms with Crippen molar-refractivity contribution in [3.05, 3.63) is 42.0 Å². The molecule has 0 radical (unpaired) electrons. The number of hydrogen-bond donors (Lipinski definition) is 0. The second-order valence-electron chi connectivity index (χ2n) is 3.91. The van der Waals surface area contributed by atoms with E-state index in [-0.39, 0.29) is 24.0 Å². The maximum Gasteiger partial charge on any atom is 0.125 e. The van der Waals surface area contributed by atoms with Gasteiger partial charge in [0.1, 0.15) is 5.82 Å². The molecule has 1 aromatic heterocycles. The average Bonchev–Trinajstić information content (AvgIpc) is 2.29. The van der Waals surface area contributed by atoms with E-state index in [9.17, 15) is 0 Å². The van der Waals surface area contributed by atoms with Crippen LogP contribution >= 0.6 is 24.0 Å². The monoisotopic (exact) mass is 328 g/mol. The van der Waals surface area contributed by atoms with E-state index in [1.54, 1.807) is 0 Å². The molecule has 1 aliphatic carbocycles. The van der Waals surface area contributed by atoms with Gasteiger partial charge in [-0.25, -0.2) is 9.97 Å². The Hall–Kier alpha value is -0.710. The van der Waals surface area contributed by atoms with Crippen molar-refractivity contribution in [1.29, 1.82) is 0 Å². The lowest BCUT2D eigenvalue weighted by atomic mass is 9.93. The van der Waals surface area contributed by atoms with E-state index in [4.69, 9.17) is 0 Å². The molecular weight excluding hydrogens is 311 g/mol. The lowest BCUT2D eigenvalue weighted by molar-refractivity contribution is 0.634. The van der Waals surface area contributed by atoms with Crippen LogP contribution in [0.25, 0.3) is 5.57 Å². The van der Waals surface area contributed by atoms with Gasteiger partial charge in [-0.05, 0) is 37.3 Å². The fraction of sp³-hybridized carbons (Fsp3) is 0.385. The van der Waals surface area contributed by atoms with Crippen LogP contribution in [-0.4, -0.2) is 9.97 Å². The minimum atomic E-state index is 0. The summed E-state index contributed by atoms with van der Waals surface area (Å²) in [6, 6.07) is 1.97. The molecule has 0 aliphatic heterocycles. The molecular formula is C13H17IN2. The van der Waals surface area contributed by atoms with Gasteiger partial charge in [-0.15, -0.1) is 24.0 Å². The van der Waals surface area contributed by atoms with Gasteiger partial charge in [-0.2, -0.15) is 0 Å². The van der Waals surface area contributed by atoms with Gasteiger partial charge in [0, 0.05) is 6.20 Å². The molecule has 0 spiro atoms. The van der Waals surface area contributed by atoms with Crippen LogP contribution in [0.15, 0.2) is 30.5 Å². The third-order valence-electron chi connectivity index (χ3n) is 2.78. The first-order chi connectivity index (χ1) is 7.29. The van der Waals surface area contributed by atoms with Crippen molar-refractivity contribution in [3.8, 4) is 0 Å². The van der Waals surface area contributed by atoms with Crippen molar-refractivity contribution in [2.24, 2.45) is 5.92 Å². The number of rotatable bonds is 2. The molecule has 0 bridgehead atoms. The van der Waals surface area contributed by atoms with Crippen LogP contribution in [0.4, 0.5) is 0 Å². The first-order valence-corrected chi connectivity index (χ1v) is 5.48. The molecule has 0 amide bonds. The first kappa shape index (κ1) is 13.4. The molecule has 0 fully saturated rings. The van der Waals surface area contributed by atoms with Crippen molar-refractivity contribution in [1.82, 2.24) is 9.97 Å². The summed E-state index contributed by atoms with van der Waals surface area (Å²) in [7, 11) is 0. The van der Waals surface area contributed by atoms with Crippen LogP contribution in [0.5, 0.6) is 0 Å². The summed E-state index contributed by atoms with van der Waals surface area (Å²) in [4.78, 5) is 8.52. The number of hydrogen-bond acceptors (Lipinski definition) is 2. The van der Waals surface area contributed by atoms with Crippen LogP contribution < -0.4 is 0 Å². The van der Waals surface area contributed by atoms with Crippen LogP contribution in [0.1, 0.15) is 31.3 Å². The molecule has 1 aliphatic rings. The summed E-state index contributed by atoms with van der Waals surface area (Å²) < 4.78 is 0. The third kappa shape index (κ3) is 3.14. The Labute approximate surface area is 114 Å². The molecule has 1 unspecified atom stereocenters. The molecule has 0 saturated carbocycles. The fourth-order valence-corrected chi connectivity index (χ4v) is 1.77. The largest absolute Gasteiger partial charge is 0.242 e. The molecule has 1 heterocycles. The smallest absolute Gasteiger partial charge is 0.125 e. The van der Waals surface area contributed by atoms with E-state index in [0.717, 1.165) is 17.9 Å². The summed E-state index contributed by atoms with van der Waals surface area (Å²) in [5.74, 6) is 1.54. The first-order valence-electron chi connectivity index (χ1n) is 5.48. The van der Waals surface area contributed by atoms with Gasteiger partial charge in [0.05, 0.1) is 5.69 Å². The Morgan fingerprint density at radius 3 is 2.81 bits per heavy atom. The Morgan fingerprint density at radius 1 is 1.44 bits per heavy atom. The Balaban J connectivity index is 0.00000128. The maximum atomic E-state index is 4.42. The molecule has 0 aromatic carbocycles. The van der Waals surface area contributed by atoms with Crippen molar-refractivity contribution in [3.63, 3.8) is 0 Å². The van der Waals surface area contributed by atoms with Gasteiger partial charge in [0.15, 0.2) is 0 Å². The Bertz CT molecular complexity index is 410. The highest BCUT2D eigenvalue weighted by atomic mass is 127. The SMILES string of the molecule is CCC1C=CC(c2ccnc(C)n2)=CC1.I. The van der Waals surface area contributed by atoms with Crippen molar-refractivity contribution in [2.75, 3.05) is 0 Å². The lowest BCUT2D eigenvalue weighted by Crippen LogP contribution is -1.99. The van der Waals surface area contributed by atoms with E-state index < -0.39 is 0 Å². The van der Waals surface area contributed by atoms with Gasteiger partial charge in [-0.1, -0.05) is 25.2 Å². The summed E-state index contributed by atoms with van der Waals surface area (Å²) in [5, 5.41) is 0. The molecule has 2 nitrogen and oxygen atoms in total. The summed E-state index contributed by atoms with van der Waals surface area (Å²) in [5.41, 5.74) is 2.26. The van der Waals surface area contributed by atoms with Crippen molar-refractivity contribution < 1.29 is 0 Å². The van der Waals surface area contributed by atoms with Crippen LogP contribution in [-0.2, 0) is 0 Å². The number of aryl methyl sites for hydroxylation is 1. The molecule has 0 N–H and O–H groups in total. The second-order valence-corrected chi connectivity index (χ2v) is 3.91. The van der Waals surface area contributed by atoms with Gasteiger partial charge >= 0.3 is 0 Å². The molecule has 16 heavy (non-hydrogen) atoms. The zero-order valence-corrected chi connectivity index (χ0v) is 12.0. The van der Waals surface area contributed by atoms with Crippen LogP contribution in [0.2, 0.25) is 0 Å². The van der Waals surface area contributed by atoms with E-state index in [1.807, 2.05) is 19.2 Å². The van der Waals surface area contributed by atoms with Gasteiger partial charge in [0.25, 0.3) is 0 Å².